The molecule has 1 aromatic heterocycles. The van der Waals surface area contributed by atoms with E-state index < -0.39 is 11.4 Å². The van der Waals surface area contributed by atoms with Gasteiger partial charge in [-0.3, -0.25) is 9.58 Å². The van der Waals surface area contributed by atoms with Gasteiger partial charge >= 0.3 is 6.09 Å². The molecule has 4 rings (SSSR count). The van der Waals surface area contributed by atoms with Gasteiger partial charge in [-0.1, -0.05) is 41.9 Å². The maximum Gasteiger partial charge on any atom is 0.410 e. The van der Waals surface area contributed by atoms with Crippen molar-refractivity contribution in [2.45, 2.75) is 39.0 Å². The summed E-state index contributed by atoms with van der Waals surface area (Å²) in [5.41, 5.74) is 2.11. The predicted molar refractivity (Wildman–Crippen MR) is 114 cm³/mol. The van der Waals surface area contributed by atoms with Crippen molar-refractivity contribution < 1.29 is 13.9 Å². The monoisotopic (exact) mass is 427 g/mol. The highest BCUT2D eigenvalue weighted by molar-refractivity contribution is 6.30. The molecule has 0 spiro atoms. The minimum Gasteiger partial charge on any atom is -0.444 e. The van der Waals surface area contributed by atoms with Crippen LogP contribution in [0.5, 0.6) is 0 Å². The molecule has 0 radical (unpaired) electrons. The van der Waals surface area contributed by atoms with Gasteiger partial charge in [0.25, 0.3) is 0 Å². The van der Waals surface area contributed by atoms with E-state index in [1.807, 2.05) is 61.9 Å². The zero-order valence-electron chi connectivity index (χ0n) is 17.1. The van der Waals surface area contributed by atoms with E-state index in [0.29, 0.717) is 29.4 Å². The number of benzene rings is 2. The fourth-order valence-electron chi connectivity index (χ4n) is 3.58. The van der Waals surface area contributed by atoms with Gasteiger partial charge in [-0.05, 0) is 50.6 Å². The molecule has 3 aromatic rings. The molecule has 156 valence electrons. The predicted octanol–water partition coefficient (Wildman–Crippen LogP) is 5.68. The summed E-state index contributed by atoms with van der Waals surface area (Å²) in [5, 5.41) is 5.02. The molecular formula is C23H23ClFN3O2. The van der Waals surface area contributed by atoms with E-state index in [1.165, 1.54) is 6.07 Å². The Balaban J connectivity index is 1.75. The zero-order valence-corrected chi connectivity index (χ0v) is 17.9. The summed E-state index contributed by atoms with van der Waals surface area (Å²) in [7, 11) is 0. The lowest BCUT2D eigenvalue weighted by atomic mass is 10.0. The number of hydrogen-bond acceptors (Lipinski definition) is 3. The van der Waals surface area contributed by atoms with Crippen molar-refractivity contribution in [3.8, 4) is 11.3 Å². The number of carbonyl (C=O) groups excluding carboxylic acids is 1. The molecule has 0 fully saturated rings. The number of fused-ring (bicyclic) bond motifs is 1. The second kappa shape index (κ2) is 7.76. The summed E-state index contributed by atoms with van der Waals surface area (Å²) in [6.07, 6.45) is -0.380. The lowest BCUT2D eigenvalue weighted by Crippen LogP contribution is -2.44. The molecule has 1 atom stereocenters. The summed E-state index contributed by atoms with van der Waals surface area (Å²) in [6.45, 7) is 6.27. The smallest absolute Gasteiger partial charge is 0.410 e. The Kier molecular flexibility index (Phi) is 5.28. The number of aromatic nitrogens is 2. The molecule has 30 heavy (non-hydrogen) atoms. The van der Waals surface area contributed by atoms with Crippen LogP contribution in [0.3, 0.4) is 0 Å². The van der Waals surface area contributed by atoms with E-state index >= 15 is 0 Å². The van der Waals surface area contributed by atoms with Crippen molar-refractivity contribution in [3.63, 3.8) is 0 Å². The van der Waals surface area contributed by atoms with Gasteiger partial charge in [0, 0.05) is 10.6 Å². The molecule has 1 unspecified atom stereocenters. The number of hydrogen-bond donors (Lipinski definition) is 0. The second-order valence-corrected chi connectivity index (χ2v) is 8.81. The third kappa shape index (κ3) is 4.19. The third-order valence-electron chi connectivity index (χ3n) is 4.90. The van der Waals surface area contributed by atoms with Gasteiger partial charge in [0.1, 0.15) is 11.4 Å². The van der Waals surface area contributed by atoms with Crippen LogP contribution in [-0.4, -0.2) is 32.9 Å². The van der Waals surface area contributed by atoms with Crippen molar-refractivity contribution in [2.24, 2.45) is 0 Å². The van der Waals surface area contributed by atoms with Crippen molar-refractivity contribution in [3.05, 3.63) is 76.7 Å². The molecule has 1 aliphatic heterocycles. The van der Waals surface area contributed by atoms with Crippen LogP contribution in [0, 0.1) is 5.82 Å². The first kappa shape index (κ1) is 20.4. The lowest BCUT2D eigenvalue weighted by Gasteiger charge is -2.35. The average Bonchev–Trinajstić information content (AvgIpc) is 3.10. The maximum absolute atomic E-state index is 14.5. The quantitative estimate of drug-likeness (QED) is 0.528. The average molecular weight is 428 g/mol. The van der Waals surface area contributed by atoms with Crippen LogP contribution in [0.4, 0.5) is 9.18 Å². The van der Waals surface area contributed by atoms with Gasteiger partial charge in [-0.2, -0.15) is 5.10 Å². The van der Waals surface area contributed by atoms with E-state index in [0.717, 1.165) is 11.3 Å². The minimum absolute atomic E-state index is 0.202. The Hall–Kier alpha value is -2.86. The molecule has 0 aliphatic carbocycles. The number of ether oxygens (including phenoxy) is 1. The number of halogens is 2. The van der Waals surface area contributed by atoms with E-state index in [9.17, 15) is 9.18 Å². The molecular weight excluding hydrogens is 405 g/mol. The Labute approximate surface area is 180 Å². The molecule has 1 amide bonds. The molecule has 0 saturated heterocycles. The first-order chi connectivity index (χ1) is 14.2. The highest BCUT2D eigenvalue weighted by Crippen LogP contribution is 2.32. The fourth-order valence-corrected chi connectivity index (χ4v) is 3.74. The second-order valence-electron chi connectivity index (χ2n) is 8.38. The molecule has 2 aromatic carbocycles. The van der Waals surface area contributed by atoms with Gasteiger partial charge in [0.05, 0.1) is 30.5 Å². The van der Waals surface area contributed by atoms with Crippen LogP contribution in [0.2, 0.25) is 5.02 Å². The third-order valence-corrected chi connectivity index (χ3v) is 5.13. The molecule has 2 heterocycles. The van der Waals surface area contributed by atoms with Gasteiger partial charge in [-0.15, -0.1) is 0 Å². The SMILES string of the molecule is CC(C)(C)OC(=O)N1Cc2cc(-c3ccc(Cl)cc3F)nn2C(c2ccccc2)C1. The Morgan fingerprint density at radius 3 is 2.57 bits per heavy atom. The van der Waals surface area contributed by atoms with Gasteiger partial charge in [0.2, 0.25) is 0 Å². The van der Waals surface area contributed by atoms with Crippen molar-refractivity contribution >= 4 is 17.7 Å². The molecule has 0 N–H and O–H groups in total. The topological polar surface area (TPSA) is 47.4 Å². The Morgan fingerprint density at radius 1 is 1.17 bits per heavy atom. The van der Waals surface area contributed by atoms with Crippen molar-refractivity contribution in [1.82, 2.24) is 14.7 Å². The van der Waals surface area contributed by atoms with E-state index in [1.54, 1.807) is 17.0 Å². The normalized spacial score (nSPS) is 16.3. The highest BCUT2D eigenvalue weighted by Gasteiger charge is 2.33. The molecule has 0 bridgehead atoms. The van der Waals surface area contributed by atoms with Gasteiger partial charge in [-0.25, -0.2) is 9.18 Å². The number of rotatable bonds is 2. The van der Waals surface area contributed by atoms with Crippen molar-refractivity contribution in [2.75, 3.05) is 6.54 Å². The number of nitrogens with zero attached hydrogens (tertiary/aromatic N) is 3. The largest absolute Gasteiger partial charge is 0.444 e. The van der Waals surface area contributed by atoms with Crippen LogP contribution in [0.1, 0.15) is 38.1 Å². The zero-order chi connectivity index (χ0) is 21.5. The lowest BCUT2D eigenvalue weighted by molar-refractivity contribution is 0.0175. The number of carbonyl (C=O) groups is 1. The Bertz CT molecular complexity index is 1080. The summed E-state index contributed by atoms with van der Waals surface area (Å²) >= 11 is 5.89. The van der Waals surface area contributed by atoms with E-state index in [2.05, 4.69) is 0 Å². The van der Waals surface area contributed by atoms with Crippen LogP contribution < -0.4 is 0 Å². The van der Waals surface area contributed by atoms with E-state index in [4.69, 9.17) is 21.4 Å². The van der Waals surface area contributed by atoms with Crippen LogP contribution in [0.25, 0.3) is 11.3 Å². The number of amides is 1. The first-order valence-corrected chi connectivity index (χ1v) is 10.2. The maximum atomic E-state index is 14.5. The summed E-state index contributed by atoms with van der Waals surface area (Å²) < 4.78 is 22.0. The highest BCUT2D eigenvalue weighted by atomic mass is 35.5. The summed E-state index contributed by atoms with van der Waals surface area (Å²) in [6, 6.07) is 16.0. The van der Waals surface area contributed by atoms with Crippen LogP contribution >= 0.6 is 11.6 Å². The van der Waals surface area contributed by atoms with Crippen LogP contribution in [-0.2, 0) is 11.3 Å². The molecule has 0 saturated carbocycles. The van der Waals surface area contributed by atoms with Crippen molar-refractivity contribution in [1.29, 1.82) is 0 Å². The molecule has 7 heteroatoms. The standard InChI is InChI=1S/C23H23ClFN3O2/c1-23(2,3)30-22(29)27-13-17-12-20(18-10-9-16(24)11-19(18)25)26-28(17)21(14-27)15-7-5-4-6-8-15/h4-12,21H,13-14H2,1-3H3. The summed E-state index contributed by atoms with van der Waals surface area (Å²) in [5.74, 6) is -0.432. The fraction of sp³-hybridized carbons (Fsp3) is 0.304. The van der Waals surface area contributed by atoms with Gasteiger partial charge < -0.3 is 4.74 Å². The molecule has 5 nitrogen and oxygen atoms in total. The van der Waals surface area contributed by atoms with E-state index in [-0.39, 0.29) is 12.1 Å². The first-order valence-electron chi connectivity index (χ1n) is 9.78. The minimum atomic E-state index is -0.589. The van der Waals surface area contributed by atoms with Gasteiger partial charge in [0.15, 0.2) is 0 Å². The van der Waals surface area contributed by atoms with Crippen LogP contribution in [0.15, 0.2) is 54.6 Å². The summed E-state index contributed by atoms with van der Waals surface area (Å²) in [4.78, 5) is 14.4. The Morgan fingerprint density at radius 2 is 1.90 bits per heavy atom. The molecule has 1 aliphatic rings.